The van der Waals surface area contributed by atoms with E-state index >= 15 is 0 Å². The van der Waals surface area contributed by atoms with Crippen molar-refractivity contribution in [3.8, 4) is 0 Å². The minimum absolute atomic E-state index is 0.0756. The highest BCUT2D eigenvalue weighted by Crippen LogP contribution is 2.29. The number of rotatable bonds is 5. The minimum Gasteiger partial charge on any atom is -0.381 e. The van der Waals surface area contributed by atoms with Crippen LogP contribution in [0.1, 0.15) is 24.8 Å². The van der Waals surface area contributed by atoms with Crippen molar-refractivity contribution in [1.29, 1.82) is 0 Å². The lowest BCUT2D eigenvalue weighted by Crippen LogP contribution is -2.53. The molecule has 1 heterocycles. The average molecular weight is 249 g/mol. The Hall–Kier alpha value is -0.900. The van der Waals surface area contributed by atoms with Crippen LogP contribution in [0.25, 0.3) is 0 Å². The Morgan fingerprint density at radius 2 is 1.94 bits per heavy atom. The summed E-state index contributed by atoms with van der Waals surface area (Å²) >= 11 is 0. The molecule has 1 fully saturated rings. The van der Waals surface area contributed by atoms with E-state index in [0.717, 1.165) is 38.9 Å². The van der Waals surface area contributed by atoms with E-state index in [-0.39, 0.29) is 11.6 Å². The van der Waals surface area contributed by atoms with Crippen LogP contribution < -0.4 is 5.73 Å². The quantitative estimate of drug-likeness (QED) is 0.869. The Labute approximate surface area is 109 Å². The number of benzene rings is 1. The standard InChI is InChI=1S/C15H23NO2/c1-17-15(9-11-18-12-10-15)14(16)8-7-13-5-3-2-4-6-13/h2-6,14H,7-12,16H2,1H3. The maximum absolute atomic E-state index is 6.36. The van der Waals surface area contributed by atoms with Gasteiger partial charge in [0.2, 0.25) is 0 Å². The van der Waals surface area contributed by atoms with E-state index in [1.165, 1.54) is 5.56 Å². The first-order valence-electron chi connectivity index (χ1n) is 6.69. The SMILES string of the molecule is COC1(C(N)CCc2ccccc2)CCOCC1. The molecule has 100 valence electrons. The van der Waals surface area contributed by atoms with Crippen LogP contribution in [0.4, 0.5) is 0 Å². The second-order valence-electron chi connectivity index (χ2n) is 5.01. The highest BCUT2D eigenvalue weighted by Gasteiger charge is 2.38. The molecule has 0 bridgehead atoms. The summed E-state index contributed by atoms with van der Waals surface area (Å²) in [6.07, 6.45) is 3.77. The molecule has 1 aliphatic rings. The molecule has 2 rings (SSSR count). The zero-order valence-electron chi connectivity index (χ0n) is 11.1. The summed E-state index contributed by atoms with van der Waals surface area (Å²) in [7, 11) is 1.77. The fourth-order valence-corrected chi connectivity index (χ4v) is 2.67. The smallest absolute Gasteiger partial charge is 0.0872 e. The van der Waals surface area contributed by atoms with Gasteiger partial charge in [-0.1, -0.05) is 30.3 Å². The molecule has 0 radical (unpaired) electrons. The van der Waals surface area contributed by atoms with Gasteiger partial charge in [0.05, 0.1) is 5.60 Å². The van der Waals surface area contributed by atoms with Gasteiger partial charge in [0.25, 0.3) is 0 Å². The molecule has 1 saturated heterocycles. The maximum Gasteiger partial charge on any atom is 0.0872 e. The number of hydrogen-bond acceptors (Lipinski definition) is 3. The lowest BCUT2D eigenvalue weighted by Gasteiger charge is -2.40. The van der Waals surface area contributed by atoms with Gasteiger partial charge in [-0.15, -0.1) is 0 Å². The zero-order chi connectivity index (χ0) is 12.8. The maximum atomic E-state index is 6.36. The molecule has 0 aliphatic carbocycles. The molecular formula is C15H23NO2. The van der Waals surface area contributed by atoms with Crippen LogP contribution in [0, 0.1) is 0 Å². The number of methoxy groups -OCH3 is 1. The fourth-order valence-electron chi connectivity index (χ4n) is 2.67. The predicted octanol–water partition coefficient (Wildman–Crippen LogP) is 2.14. The molecule has 1 aromatic rings. The Balaban J connectivity index is 1.91. The number of ether oxygens (including phenoxy) is 2. The monoisotopic (exact) mass is 249 g/mol. The van der Waals surface area contributed by atoms with Crippen molar-refractivity contribution in [2.75, 3.05) is 20.3 Å². The predicted molar refractivity (Wildman–Crippen MR) is 72.5 cm³/mol. The third-order valence-electron chi connectivity index (χ3n) is 4.01. The Morgan fingerprint density at radius 1 is 1.28 bits per heavy atom. The van der Waals surface area contributed by atoms with Gasteiger partial charge in [0.15, 0.2) is 0 Å². The summed E-state index contributed by atoms with van der Waals surface area (Å²) in [6, 6.07) is 10.6. The van der Waals surface area contributed by atoms with Crippen LogP contribution >= 0.6 is 0 Å². The van der Waals surface area contributed by atoms with Gasteiger partial charge in [-0.25, -0.2) is 0 Å². The molecule has 1 unspecified atom stereocenters. The van der Waals surface area contributed by atoms with E-state index in [1.54, 1.807) is 7.11 Å². The Kier molecular flexibility index (Phi) is 4.75. The second-order valence-corrected chi connectivity index (χ2v) is 5.01. The van der Waals surface area contributed by atoms with Crippen molar-refractivity contribution in [2.24, 2.45) is 5.73 Å². The molecule has 1 aromatic carbocycles. The highest BCUT2D eigenvalue weighted by atomic mass is 16.5. The molecule has 0 spiro atoms. The summed E-state index contributed by atoms with van der Waals surface area (Å²) in [5, 5.41) is 0. The van der Waals surface area contributed by atoms with Crippen LogP contribution in [0.15, 0.2) is 30.3 Å². The molecule has 1 atom stereocenters. The van der Waals surface area contributed by atoms with Gasteiger partial charge in [-0.2, -0.15) is 0 Å². The van der Waals surface area contributed by atoms with E-state index in [4.69, 9.17) is 15.2 Å². The Bertz CT molecular complexity index is 347. The van der Waals surface area contributed by atoms with Crippen molar-refractivity contribution < 1.29 is 9.47 Å². The van der Waals surface area contributed by atoms with Crippen LogP contribution in [-0.2, 0) is 15.9 Å². The average Bonchev–Trinajstić information content (AvgIpc) is 2.46. The highest BCUT2D eigenvalue weighted by molar-refractivity contribution is 5.15. The molecular weight excluding hydrogens is 226 g/mol. The zero-order valence-corrected chi connectivity index (χ0v) is 11.1. The molecule has 2 N–H and O–H groups in total. The molecule has 1 aliphatic heterocycles. The third-order valence-corrected chi connectivity index (χ3v) is 4.01. The van der Waals surface area contributed by atoms with E-state index in [1.807, 2.05) is 6.07 Å². The molecule has 3 heteroatoms. The summed E-state index contributed by atoms with van der Waals surface area (Å²) in [4.78, 5) is 0. The van der Waals surface area contributed by atoms with E-state index < -0.39 is 0 Å². The minimum atomic E-state index is -0.187. The van der Waals surface area contributed by atoms with E-state index in [9.17, 15) is 0 Å². The first-order chi connectivity index (χ1) is 8.77. The first-order valence-corrected chi connectivity index (χ1v) is 6.69. The lowest BCUT2D eigenvalue weighted by atomic mass is 9.83. The second kappa shape index (κ2) is 6.32. The summed E-state index contributed by atoms with van der Waals surface area (Å²) < 4.78 is 11.1. The topological polar surface area (TPSA) is 44.5 Å². The van der Waals surface area contributed by atoms with Gasteiger partial charge in [-0.3, -0.25) is 0 Å². The summed E-state index contributed by atoms with van der Waals surface area (Å²) in [6.45, 7) is 1.51. The van der Waals surface area contributed by atoms with Crippen molar-refractivity contribution in [3.05, 3.63) is 35.9 Å². The Morgan fingerprint density at radius 3 is 2.56 bits per heavy atom. The number of hydrogen-bond donors (Lipinski definition) is 1. The van der Waals surface area contributed by atoms with Crippen molar-refractivity contribution >= 4 is 0 Å². The van der Waals surface area contributed by atoms with E-state index in [0.29, 0.717) is 0 Å². The fraction of sp³-hybridized carbons (Fsp3) is 0.600. The third kappa shape index (κ3) is 3.10. The molecule has 3 nitrogen and oxygen atoms in total. The van der Waals surface area contributed by atoms with Gasteiger partial charge in [0.1, 0.15) is 0 Å². The lowest BCUT2D eigenvalue weighted by molar-refractivity contribution is -0.105. The van der Waals surface area contributed by atoms with Crippen molar-refractivity contribution in [1.82, 2.24) is 0 Å². The van der Waals surface area contributed by atoms with Crippen LogP contribution in [0.3, 0.4) is 0 Å². The molecule has 0 aromatic heterocycles. The van der Waals surface area contributed by atoms with Crippen LogP contribution in [0.2, 0.25) is 0 Å². The van der Waals surface area contributed by atoms with Crippen LogP contribution in [0.5, 0.6) is 0 Å². The molecule has 0 amide bonds. The van der Waals surface area contributed by atoms with Gasteiger partial charge >= 0.3 is 0 Å². The van der Waals surface area contributed by atoms with Gasteiger partial charge in [-0.05, 0) is 18.4 Å². The van der Waals surface area contributed by atoms with E-state index in [2.05, 4.69) is 24.3 Å². The number of aryl methyl sites for hydroxylation is 1. The largest absolute Gasteiger partial charge is 0.381 e. The first kappa shape index (κ1) is 13.5. The summed E-state index contributed by atoms with van der Waals surface area (Å²) in [5.41, 5.74) is 7.51. The van der Waals surface area contributed by atoms with Gasteiger partial charge < -0.3 is 15.2 Å². The molecule has 0 saturated carbocycles. The van der Waals surface area contributed by atoms with Crippen molar-refractivity contribution in [3.63, 3.8) is 0 Å². The molecule has 18 heavy (non-hydrogen) atoms. The van der Waals surface area contributed by atoms with Crippen LogP contribution in [-0.4, -0.2) is 32.0 Å². The van der Waals surface area contributed by atoms with Crippen molar-refractivity contribution in [2.45, 2.75) is 37.3 Å². The number of nitrogens with two attached hydrogens (primary N) is 1. The normalized spacial score (nSPS) is 20.6. The van der Waals surface area contributed by atoms with Gasteiger partial charge in [0, 0.05) is 39.2 Å². The summed E-state index contributed by atoms with van der Waals surface area (Å²) in [5.74, 6) is 0.